The van der Waals surface area contributed by atoms with E-state index in [2.05, 4.69) is 0 Å². The maximum absolute atomic E-state index is 13.2. The van der Waals surface area contributed by atoms with Crippen molar-refractivity contribution in [1.82, 2.24) is 0 Å². The summed E-state index contributed by atoms with van der Waals surface area (Å²) in [6, 6.07) is 17.0. The third-order valence-corrected chi connectivity index (χ3v) is 5.38. The zero-order valence-corrected chi connectivity index (χ0v) is 19.4. The van der Waals surface area contributed by atoms with Crippen molar-refractivity contribution in [3.05, 3.63) is 77.4 Å². The van der Waals surface area contributed by atoms with Crippen molar-refractivity contribution < 1.29 is 23.8 Å². The van der Waals surface area contributed by atoms with Gasteiger partial charge in [0.25, 0.3) is 0 Å². The largest absolute Gasteiger partial charge is 0.497 e. The summed E-state index contributed by atoms with van der Waals surface area (Å²) in [5.74, 6) is -1.56. The number of carbonyl (C=O) groups is 2. The SMILES string of the molecule is CCOC(=O)C1=C(c2ccc(OC)cc2)N=C(C)C(C(=O)OCC)C1/C=C/c1ccccc1. The Hall–Kier alpha value is -3.67. The molecule has 2 aromatic rings. The minimum Gasteiger partial charge on any atom is -0.497 e. The van der Waals surface area contributed by atoms with Crippen molar-refractivity contribution in [3.63, 3.8) is 0 Å². The Labute approximate surface area is 194 Å². The van der Waals surface area contributed by atoms with E-state index in [1.54, 1.807) is 27.9 Å². The summed E-state index contributed by atoms with van der Waals surface area (Å²) in [6.45, 7) is 5.74. The Morgan fingerprint density at radius 1 is 0.970 bits per heavy atom. The molecule has 2 aromatic carbocycles. The molecule has 6 heteroatoms. The minimum absolute atomic E-state index is 0.208. The highest BCUT2D eigenvalue weighted by Gasteiger charge is 2.41. The van der Waals surface area contributed by atoms with Gasteiger partial charge in [-0.15, -0.1) is 0 Å². The first-order valence-electron chi connectivity index (χ1n) is 11.0. The summed E-state index contributed by atoms with van der Waals surface area (Å²) in [5.41, 5.74) is 3.08. The Morgan fingerprint density at radius 2 is 1.64 bits per heavy atom. The molecule has 2 unspecified atom stereocenters. The second kappa shape index (κ2) is 11.3. The molecule has 6 nitrogen and oxygen atoms in total. The first-order valence-corrected chi connectivity index (χ1v) is 11.0. The minimum atomic E-state index is -0.730. The van der Waals surface area contributed by atoms with Crippen molar-refractivity contribution in [2.75, 3.05) is 20.3 Å². The lowest BCUT2D eigenvalue weighted by Gasteiger charge is -2.30. The standard InChI is InChI=1S/C27H29NO5/c1-5-32-26(29)23-18(3)28-25(20-13-15-21(31-4)16-14-20)24(27(30)33-6-2)22(23)17-12-19-10-8-7-9-11-19/h7-17,22-23H,5-6H2,1-4H3/b17-12+. The van der Waals surface area contributed by atoms with Gasteiger partial charge in [0.05, 0.1) is 31.6 Å². The maximum Gasteiger partial charge on any atom is 0.336 e. The third-order valence-electron chi connectivity index (χ3n) is 5.38. The van der Waals surface area contributed by atoms with E-state index in [4.69, 9.17) is 19.2 Å². The first-order chi connectivity index (χ1) is 16.0. The quantitative estimate of drug-likeness (QED) is 0.535. The molecule has 172 valence electrons. The van der Waals surface area contributed by atoms with Crippen LogP contribution in [-0.2, 0) is 19.1 Å². The normalized spacial score (nSPS) is 18.1. The number of methoxy groups -OCH3 is 1. The van der Waals surface area contributed by atoms with Crippen LogP contribution in [0.2, 0.25) is 0 Å². The van der Waals surface area contributed by atoms with Crippen molar-refractivity contribution in [1.29, 1.82) is 0 Å². The van der Waals surface area contributed by atoms with E-state index in [9.17, 15) is 9.59 Å². The van der Waals surface area contributed by atoms with Crippen LogP contribution in [-0.4, -0.2) is 38.0 Å². The van der Waals surface area contributed by atoms with Crippen molar-refractivity contribution in [3.8, 4) is 5.75 Å². The summed E-state index contributed by atoms with van der Waals surface area (Å²) in [4.78, 5) is 30.9. The summed E-state index contributed by atoms with van der Waals surface area (Å²) in [7, 11) is 1.59. The molecule has 0 radical (unpaired) electrons. The van der Waals surface area contributed by atoms with Crippen LogP contribution in [0.1, 0.15) is 31.9 Å². The summed E-state index contributed by atoms with van der Waals surface area (Å²) < 4.78 is 16.0. The number of allylic oxidation sites excluding steroid dienone is 1. The third kappa shape index (κ3) is 5.58. The number of hydrogen-bond acceptors (Lipinski definition) is 6. The number of esters is 2. The van der Waals surface area contributed by atoms with Gasteiger partial charge in [-0.1, -0.05) is 42.5 Å². The Kier molecular flexibility index (Phi) is 8.19. The van der Waals surface area contributed by atoms with Crippen LogP contribution in [0.4, 0.5) is 0 Å². The zero-order valence-electron chi connectivity index (χ0n) is 19.4. The average Bonchev–Trinajstić information content (AvgIpc) is 2.83. The molecule has 1 heterocycles. The maximum atomic E-state index is 13.2. The van der Waals surface area contributed by atoms with Crippen LogP contribution in [0.15, 0.2) is 71.2 Å². The number of hydrogen-bond donors (Lipinski definition) is 0. The van der Waals surface area contributed by atoms with Crippen LogP contribution >= 0.6 is 0 Å². The number of aliphatic imine (C=N–C) groups is 1. The van der Waals surface area contributed by atoms with Gasteiger partial charge in [-0.2, -0.15) is 0 Å². The van der Waals surface area contributed by atoms with Gasteiger partial charge in [0, 0.05) is 17.2 Å². The molecule has 0 saturated heterocycles. The lowest BCUT2D eigenvalue weighted by atomic mass is 9.78. The van der Waals surface area contributed by atoms with E-state index in [-0.39, 0.29) is 13.2 Å². The van der Waals surface area contributed by atoms with E-state index in [0.29, 0.717) is 22.7 Å². The average molecular weight is 448 g/mol. The van der Waals surface area contributed by atoms with Crippen LogP contribution < -0.4 is 4.74 Å². The highest BCUT2D eigenvalue weighted by molar-refractivity contribution is 6.11. The van der Waals surface area contributed by atoms with E-state index in [1.807, 2.05) is 66.7 Å². The van der Waals surface area contributed by atoms with Gasteiger partial charge in [0.2, 0.25) is 0 Å². The van der Waals surface area contributed by atoms with E-state index >= 15 is 0 Å². The molecule has 33 heavy (non-hydrogen) atoms. The van der Waals surface area contributed by atoms with Crippen LogP contribution in [0.5, 0.6) is 5.75 Å². The molecule has 0 N–H and O–H groups in total. The molecule has 2 atom stereocenters. The Morgan fingerprint density at radius 3 is 2.24 bits per heavy atom. The van der Waals surface area contributed by atoms with E-state index in [1.165, 1.54) is 0 Å². The second-order valence-electron chi connectivity index (χ2n) is 7.49. The fourth-order valence-electron chi connectivity index (χ4n) is 3.84. The smallest absolute Gasteiger partial charge is 0.336 e. The fraction of sp³-hybridized carbons (Fsp3) is 0.296. The molecule has 0 spiro atoms. The van der Waals surface area contributed by atoms with Gasteiger partial charge in [0.15, 0.2) is 0 Å². The Bertz CT molecular complexity index is 1070. The van der Waals surface area contributed by atoms with Gasteiger partial charge in [-0.25, -0.2) is 4.79 Å². The zero-order chi connectivity index (χ0) is 23.8. The summed E-state index contributed by atoms with van der Waals surface area (Å²) >= 11 is 0. The van der Waals surface area contributed by atoms with Gasteiger partial charge < -0.3 is 14.2 Å². The van der Waals surface area contributed by atoms with Gasteiger partial charge in [-0.3, -0.25) is 9.79 Å². The van der Waals surface area contributed by atoms with E-state index < -0.39 is 23.8 Å². The van der Waals surface area contributed by atoms with Gasteiger partial charge >= 0.3 is 11.9 Å². The second-order valence-corrected chi connectivity index (χ2v) is 7.49. The summed E-state index contributed by atoms with van der Waals surface area (Å²) in [6.07, 6.45) is 3.77. The molecule has 1 aliphatic rings. The lowest BCUT2D eigenvalue weighted by Crippen LogP contribution is -2.37. The Balaban J connectivity index is 2.19. The van der Waals surface area contributed by atoms with Crippen LogP contribution in [0.3, 0.4) is 0 Å². The molecule has 0 saturated carbocycles. The highest BCUT2D eigenvalue weighted by Crippen LogP contribution is 2.38. The highest BCUT2D eigenvalue weighted by atomic mass is 16.5. The predicted molar refractivity (Wildman–Crippen MR) is 129 cm³/mol. The predicted octanol–water partition coefficient (Wildman–Crippen LogP) is 4.95. The molecular weight excluding hydrogens is 418 g/mol. The number of nitrogens with zero attached hydrogens (tertiary/aromatic N) is 1. The molecule has 0 fully saturated rings. The molecule has 3 rings (SSSR count). The van der Waals surface area contributed by atoms with Crippen molar-refractivity contribution in [2.24, 2.45) is 16.8 Å². The molecule has 0 aliphatic carbocycles. The van der Waals surface area contributed by atoms with Crippen molar-refractivity contribution >= 4 is 29.4 Å². The fourth-order valence-corrected chi connectivity index (χ4v) is 3.84. The molecule has 0 bridgehead atoms. The number of carbonyl (C=O) groups excluding carboxylic acids is 2. The molecule has 0 aromatic heterocycles. The summed E-state index contributed by atoms with van der Waals surface area (Å²) in [5, 5.41) is 0. The monoisotopic (exact) mass is 447 g/mol. The lowest BCUT2D eigenvalue weighted by molar-refractivity contribution is -0.146. The molecular formula is C27H29NO5. The van der Waals surface area contributed by atoms with Gasteiger partial charge in [0.1, 0.15) is 11.7 Å². The number of ether oxygens (including phenoxy) is 3. The topological polar surface area (TPSA) is 74.2 Å². The molecule has 1 aliphatic heterocycles. The van der Waals surface area contributed by atoms with E-state index in [0.717, 1.165) is 11.1 Å². The van der Waals surface area contributed by atoms with Crippen LogP contribution in [0, 0.1) is 11.8 Å². The first kappa shape index (κ1) is 24.0. The van der Waals surface area contributed by atoms with Crippen molar-refractivity contribution in [2.45, 2.75) is 20.8 Å². The van der Waals surface area contributed by atoms with Gasteiger partial charge in [-0.05, 0) is 50.6 Å². The number of benzene rings is 2. The number of rotatable bonds is 8. The van der Waals surface area contributed by atoms with Crippen LogP contribution in [0.25, 0.3) is 11.8 Å². The molecule has 0 amide bonds.